The van der Waals surface area contributed by atoms with Crippen LogP contribution in [-0.2, 0) is 10.0 Å². The summed E-state index contributed by atoms with van der Waals surface area (Å²) in [5, 5.41) is 0. The molecule has 2 aromatic carbocycles. The second-order valence-electron chi connectivity index (χ2n) is 5.22. The van der Waals surface area contributed by atoms with Gasteiger partial charge in [0.2, 0.25) is 0 Å². The van der Waals surface area contributed by atoms with E-state index in [1.807, 2.05) is 20.8 Å². The summed E-state index contributed by atoms with van der Waals surface area (Å²) in [4.78, 5) is 0.157. The molecule has 0 aliphatic rings. The van der Waals surface area contributed by atoms with Crippen molar-refractivity contribution >= 4 is 32.2 Å². The van der Waals surface area contributed by atoms with Gasteiger partial charge in [0.05, 0.1) is 22.6 Å². The lowest BCUT2D eigenvalue weighted by Crippen LogP contribution is -2.01. The highest BCUT2D eigenvalue weighted by Crippen LogP contribution is 2.36. The van der Waals surface area contributed by atoms with Crippen molar-refractivity contribution < 1.29 is 17.9 Å². The van der Waals surface area contributed by atoms with E-state index in [1.165, 1.54) is 6.21 Å². The minimum absolute atomic E-state index is 0.157. The molecule has 5 nitrogen and oxygen atoms in total. The van der Waals surface area contributed by atoms with Crippen LogP contribution in [0.2, 0.25) is 0 Å². The second-order valence-corrected chi connectivity index (χ2v) is 7.71. The number of aryl methyl sites for hydroxylation is 1. The zero-order valence-electron chi connectivity index (χ0n) is 14.3. The van der Waals surface area contributed by atoms with Crippen molar-refractivity contribution in [3.05, 3.63) is 52.0 Å². The Morgan fingerprint density at radius 1 is 1.08 bits per heavy atom. The van der Waals surface area contributed by atoms with Crippen molar-refractivity contribution in [2.45, 2.75) is 25.7 Å². The van der Waals surface area contributed by atoms with E-state index < -0.39 is 10.0 Å². The summed E-state index contributed by atoms with van der Waals surface area (Å²) in [6.45, 7) is 6.60. The van der Waals surface area contributed by atoms with E-state index in [1.54, 1.807) is 36.4 Å². The molecule has 0 atom stereocenters. The van der Waals surface area contributed by atoms with Crippen molar-refractivity contribution in [2.75, 3.05) is 13.2 Å². The Hall–Kier alpha value is -1.86. The average molecular weight is 426 g/mol. The number of rotatable bonds is 7. The van der Waals surface area contributed by atoms with Crippen LogP contribution in [0.3, 0.4) is 0 Å². The zero-order valence-corrected chi connectivity index (χ0v) is 16.7. The van der Waals surface area contributed by atoms with Gasteiger partial charge in [-0.2, -0.15) is 12.8 Å². The van der Waals surface area contributed by atoms with Crippen molar-refractivity contribution in [3.8, 4) is 11.5 Å². The maximum atomic E-state index is 12.3. The van der Waals surface area contributed by atoms with E-state index in [4.69, 9.17) is 9.47 Å². The Morgan fingerprint density at radius 3 is 2.32 bits per heavy atom. The number of hydrogen-bond acceptors (Lipinski definition) is 4. The Bertz CT molecular complexity index is 861. The van der Waals surface area contributed by atoms with E-state index in [0.717, 1.165) is 5.56 Å². The van der Waals surface area contributed by atoms with Gasteiger partial charge in [-0.3, -0.25) is 0 Å². The van der Waals surface area contributed by atoms with Crippen molar-refractivity contribution in [2.24, 2.45) is 4.40 Å². The average Bonchev–Trinajstić information content (AvgIpc) is 2.57. The number of sulfonamides is 1. The van der Waals surface area contributed by atoms with Gasteiger partial charge in [0.15, 0.2) is 11.5 Å². The topological polar surface area (TPSA) is 65.0 Å². The standard InChI is InChI=1S/C18H20BrNO4S/c1-4-23-17-11-14(10-16(19)18(17)24-5-2)12-20-25(21,22)15-8-6-13(3)7-9-15/h6-12H,4-5H2,1-3H3/b20-12-. The molecule has 0 aliphatic heterocycles. The monoisotopic (exact) mass is 425 g/mol. The molecular weight excluding hydrogens is 406 g/mol. The van der Waals surface area contributed by atoms with Crippen molar-refractivity contribution in [3.63, 3.8) is 0 Å². The highest BCUT2D eigenvalue weighted by molar-refractivity contribution is 9.10. The van der Waals surface area contributed by atoms with Crippen LogP contribution >= 0.6 is 15.9 Å². The van der Waals surface area contributed by atoms with Gasteiger partial charge in [-0.15, -0.1) is 0 Å². The molecule has 134 valence electrons. The first-order valence-corrected chi connectivity index (χ1v) is 10.1. The van der Waals surface area contributed by atoms with E-state index in [0.29, 0.717) is 34.7 Å². The highest BCUT2D eigenvalue weighted by Gasteiger charge is 2.14. The van der Waals surface area contributed by atoms with E-state index in [9.17, 15) is 8.42 Å². The minimum Gasteiger partial charge on any atom is -0.490 e. The molecule has 0 amide bonds. The van der Waals surface area contributed by atoms with Gasteiger partial charge in [0.1, 0.15) is 0 Å². The third-order valence-corrected chi connectivity index (χ3v) is 5.12. The molecule has 0 aromatic heterocycles. The molecule has 0 radical (unpaired) electrons. The molecule has 2 aromatic rings. The maximum absolute atomic E-state index is 12.3. The third-order valence-electron chi connectivity index (χ3n) is 3.28. The van der Waals surface area contributed by atoms with Gasteiger partial charge in [-0.05, 0) is 66.5 Å². The molecule has 0 saturated carbocycles. The lowest BCUT2D eigenvalue weighted by atomic mass is 10.2. The fourth-order valence-electron chi connectivity index (χ4n) is 2.11. The van der Waals surface area contributed by atoms with Crippen LogP contribution in [0.15, 0.2) is 50.2 Å². The van der Waals surface area contributed by atoms with Crippen molar-refractivity contribution in [1.82, 2.24) is 0 Å². The molecule has 25 heavy (non-hydrogen) atoms. The van der Waals surface area contributed by atoms with Gasteiger partial charge < -0.3 is 9.47 Å². The normalized spacial score (nSPS) is 11.7. The lowest BCUT2D eigenvalue weighted by molar-refractivity contribution is 0.286. The Kier molecular flexibility index (Phi) is 6.61. The van der Waals surface area contributed by atoms with Crippen LogP contribution in [0.25, 0.3) is 0 Å². The number of benzene rings is 2. The molecule has 0 N–H and O–H groups in total. The Labute approximate surface area is 156 Å². The molecule has 0 bridgehead atoms. The number of nitrogens with zero attached hydrogens (tertiary/aromatic N) is 1. The SMILES string of the molecule is CCOc1cc(/C=N\S(=O)(=O)c2ccc(C)cc2)cc(Br)c1OCC. The van der Waals surface area contributed by atoms with Gasteiger partial charge in [-0.25, -0.2) is 0 Å². The number of halogens is 1. The predicted molar refractivity (Wildman–Crippen MR) is 102 cm³/mol. The van der Waals surface area contributed by atoms with Crippen LogP contribution in [-0.4, -0.2) is 27.8 Å². The highest BCUT2D eigenvalue weighted by atomic mass is 79.9. The minimum atomic E-state index is -3.75. The summed E-state index contributed by atoms with van der Waals surface area (Å²) >= 11 is 3.43. The van der Waals surface area contributed by atoms with Gasteiger partial charge >= 0.3 is 0 Å². The number of ether oxygens (including phenoxy) is 2. The molecule has 0 heterocycles. The van der Waals surface area contributed by atoms with Crippen LogP contribution in [0.5, 0.6) is 11.5 Å². The summed E-state index contributed by atoms with van der Waals surface area (Å²) in [6.07, 6.45) is 1.30. The summed E-state index contributed by atoms with van der Waals surface area (Å²) in [5.41, 5.74) is 1.58. The Balaban J connectivity index is 2.35. The summed E-state index contributed by atoms with van der Waals surface area (Å²) < 4.78 is 40.2. The van der Waals surface area contributed by atoms with Gasteiger partial charge in [0.25, 0.3) is 10.0 Å². The maximum Gasteiger partial charge on any atom is 0.282 e. The second kappa shape index (κ2) is 8.49. The van der Waals surface area contributed by atoms with Crippen LogP contribution in [0.4, 0.5) is 0 Å². The molecular formula is C18H20BrNO4S. The molecule has 7 heteroatoms. The first-order valence-electron chi connectivity index (χ1n) is 7.83. The molecule has 0 fully saturated rings. The summed E-state index contributed by atoms with van der Waals surface area (Å²) in [6, 6.07) is 10.0. The summed E-state index contributed by atoms with van der Waals surface area (Å²) in [7, 11) is -3.75. The van der Waals surface area contributed by atoms with Crippen LogP contribution < -0.4 is 9.47 Å². The first-order chi connectivity index (χ1) is 11.9. The van der Waals surface area contributed by atoms with E-state index in [2.05, 4.69) is 20.3 Å². The van der Waals surface area contributed by atoms with Crippen molar-refractivity contribution in [1.29, 1.82) is 0 Å². The fourth-order valence-corrected chi connectivity index (χ4v) is 3.55. The zero-order chi connectivity index (χ0) is 18.4. The molecule has 0 aliphatic carbocycles. The lowest BCUT2D eigenvalue weighted by Gasteiger charge is -2.13. The molecule has 2 rings (SSSR count). The third kappa shape index (κ3) is 5.06. The molecule has 0 spiro atoms. The fraction of sp³-hybridized carbons (Fsp3) is 0.278. The molecule has 0 saturated heterocycles. The van der Waals surface area contributed by atoms with Crippen LogP contribution in [0.1, 0.15) is 25.0 Å². The van der Waals surface area contributed by atoms with Gasteiger partial charge in [0, 0.05) is 6.21 Å². The smallest absolute Gasteiger partial charge is 0.282 e. The first kappa shape index (κ1) is 19.5. The summed E-state index contributed by atoms with van der Waals surface area (Å²) in [5.74, 6) is 1.12. The molecule has 0 unspecified atom stereocenters. The van der Waals surface area contributed by atoms with E-state index in [-0.39, 0.29) is 4.90 Å². The largest absolute Gasteiger partial charge is 0.490 e. The quantitative estimate of drug-likeness (QED) is 0.617. The number of hydrogen-bond donors (Lipinski definition) is 0. The van der Waals surface area contributed by atoms with E-state index >= 15 is 0 Å². The predicted octanol–water partition coefficient (Wildman–Crippen LogP) is 4.36. The Morgan fingerprint density at radius 2 is 1.72 bits per heavy atom. The van der Waals surface area contributed by atoms with Gasteiger partial charge in [-0.1, -0.05) is 17.7 Å². The van der Waals surface area contributed by atoms with Crippen LogP contribution in [0, 0.1) is 6.92 Å².